The van der Waals surface area contributed by atoms with Crippen molar-refractivity contribution >= 4 is 17.1 Å². The standard InChI is InChI=1S/C33H24N4/c1-3-7-28(8-4-1)37(29-9-5-2-6-10-29)31-12-11-30(25-13-19-34-20-14-25)32(26-15-21-35-22-16-26)33(31)27-17-23-36-24-18-27/h1-24H. The molecule has 0 aliphatic rings. The minimum Gasteiger partial charge on any atom is -0.310 e. The van der Waals surface area contributed by atoms with E-state index in [1.165, 1.54) is 0 Å². The van der Waals surface area contributed by atoms with Crippen molar-refractivity contribution in [2.45, 2.75) is 0 Å². The number of nitrogens with zero attached hydrogens (tertiary/aromatic N) is 4. The van der Waals surface area contributed by atoms with Crippen molar-refractivity contribution < 1.29 is 0 Å². The summed E-state index contributed by atoms with van der Waals surface area (Å²) in [6.45, 7) is 0. The Kier molecular flexibility index (Phi) is 6.21. The highest BCUT2D eigenvalue weighted by Gasteiger charge is 2.23. The number of para-hydroxylation sites is 2. The fourth-order valence-electron chi connectivity index (χ4n) is 4.76. The molecule has 4 nitrogen and oxygen atoms in total. The molecule has 0 atom stereocenters. The second kappa shape index (κ2) is 10.3. The summed E-state index contributed by atoms with van der Waals surface area (Å²) in [5, 5.41) is 0. The van der Waals surface area contributed by atoms with Crippen molar-refractivity contribution in [3.63, 3.8) is 0 Å². The first kappa shape index (κ1) is 22.4. The van der Waals surface area contributed by atoms with Gasteiger partial charge in [0.2, 0.25) is 0 Å². The molecule has 0 saturated heterocycles. The van der Waals surface area contributed by atoms with E-state index in [4.69, 9.17) is 0 Å². The molecule has 3 aromatic heterocycles. The maximum Gasteiger partial charge on any atom is 0.0546 e. The van der Waals surface area contributed by atoms with E-state index in [1.54, 1.807) is 0 Å². The molecular weight excluding hydrogens is 452 g/mol. The Labute approximate surface area is 216 Å². The monoisotopic (exact) mass is 476 g/mol. The summed E-state index contributed by atoms with van der Waals surface area (Å²) in [5.41, 5.74) is 9.92. The average Bonchev–Trinajstić information content (AvgIpc) is 2.99. The third-order valence-corrected chi connectivity index (χ3v) is 6.38. The summed E-state index contributed by atoms with van der Waals surface area (Å²) >= 11 is 0. The van der Waals surface area contributed by atoms with Crippen LogP contribution in [0.25, 0.3) is 33.4 Å². The van der Waals surface area contributed by atoms with Gasteiger partial charge in [-0.05, 0) is 94.5 Å². The van der Waals surface area contributed by atoms with Crippen molar-refractivity contribution in [1.82, 2.24) is 15.0 Å². The van der Waals surface area contributed by atoms with Gasteiger partial charge in [0, 0.05) is 54.1 Å². The number of benzene rings is 3. The van der Waals surface area contributed by atoms with Crippen LogP contribution in [0.5, 0.6) is 0 Å². The number of pyridine rings is 3. The van der Waals surface area contributed by atoms with Crippen LogP contribution in [-0.2, 0) is 0 Å². The Morgan fingerprint density at radius 2 is 0.811 bits per heavy atom. The van der Waals surface area contributed by atoms with Gasteiger partial charge in [0.1, 0.15) is 0 Å². The zero-order valence-corrected chi connectivity index (χ0v) is 20.1. The summed E-state index contributed by atoms with van der Waals surface area (Å²) in [6.07, 6.45) is 11.1. The summed E-state index contributed by atoms with van der Waals surface area (Å²) in [4.78, 5) is 15.2. The number of hydrogen-bond donors (Lipinski definition) is 0. The summed E-state index contributed by atoms with van der Waals surface area (Å²) in [7, 11) is 0. The lowest BCUT2D eigenvalue weighted by atomic mass is 9.86. The molecule has 0 saturated carbocycles. The van der Waals surface area contributed by atoms with Crippen LogP contribution in [0.2, 0.25) is 0 Å². The molecule has 3 aromatic carbocycles. The largest absolute Gasteiger partial charge is 0.310 e. The first-order valence-corrected chi connectivity index (χ1v) is 12.2. The zero-order chi connectivity index (χ0) is 24.9. The van der Waals surface area contributed by atoms with Crippen LogP contribution in [0.15, 0.2) is 146 Å². The summed E-state index contributed by atoms with van der Waals surface area (Å²) in [6, 6.07) is 37.8. The topological polar surface area (TPSA) is 41.9 Å². The molecule has 3 heterocycles. The van der Waals surface area contributed by atoms with Crippen LogP contribution in [0.3, 0.4) is 0 Å². The summed E-state index contributed by atoms with van der Waals surface area (Å²) in [5.74, 6) is 0. The lowest BCUT2D eigenvalue weighted by Gasteiger charge is -2.30. The SMILES string of the molecule is c1ccc(N(c2ccccc2)c2ccc(-c3ccncc3)c(-c3ccncc3)c2-c2ccncc2)cc1. The Morgan fingerprint density at radius 3 is 1.30 bits per heavy atom. The molecular formula is C33H24N4. The maximum absolute atomic E-state index is 4.31. The third kappa shape index (κ3) is 4.48. The van der Waals surface area contributed by atoms with Gasteiger partial charge < -0.3 is 4.90 Å². The van der Waals surface area contributed by atoms with Crippen molar-refractivity contribution in [3.8, 4) is 33.4 Å². The quantitative estimate of drug-likeness (QED) is 0.242. The van der Waals surface area contributed by atoms with Gasteiger partial charge in [-0.15, -0.1) is 0 Å². The van der Waals surface area contributed by atoms with Gasteiger partial charge in [-0.2, -0.15) is 0 Å². The number of hydrogen-bond acceptors (Lipinski definition) is 4. The van der Waals surface area contributed by atoms with E-state index in [0.717, 1.165) is 50.4 Å². The number of aromatic nitrogens is 3. The van der Waals surface area contributed by atoms with E-state index in [0.29, 0.717) is 0 Å². The smallest absolute Gasteiger partial charge is 0.0546 e. The molecule has 0 fully saturated rings. The number of anilines is 3. The highest BCUT2D eigenvalue weighted by Crippen LogP contribution is 2.48. The molecule has 0 N–H and O–H groups in total. The number of rotatable bonds is 6. The first-order valence-electron chi connectivity index (χ1n) is 12.2. The fraction of sp³-hybridized carbons (Fsp3) is 0. The third-order valence-electron chi connectivity index (χ3n) is 6.38. The predicted molar refractivity (Wildman–Crippen MR) is 151 cm³/mol. The van der Waals surface area contributed by atoms with E-state index >= 15 is 0 Å². The predicted octanol–water partition coefficient (Wildman–Crippen LogP) is 8.34. The van der Waals surface area contributed by atoms with E-state index in [1.807, 2.05) is 49.3 Å². The summed E-state index contributed by atoms with van der Waals surface area (Å²) < 4.78 is 0. The van der Waals surface area contributed by atoms with Gasteiger partial charge in [0.25, 0.3) is 0 Å². The van der Waals surface area contributed by atoms with Crippen LogP contribution in [0, 0.1) is 0 Å². The van der Waals surface area contributed by atoms with Gasteiger partial charge in [0.15, 0.2) is 0 Å². The second-order valence-electron chi connectivity index (χ2n) is 8.60. The molecule has 0 amide bonds. The Hall–Kier alpha value is -5.09. The van der Waals surface area contributed by atoms with Crippen LogP contribution < -0.4 is 4.90 Å². The molecule has 0 bridgehead atoms. The van der Waals surface area contributed by atoms with Crippen LogP contribution in [-0.4, -0.2) is 15.0 Å². The lowest BCUT2D eigenvalue weighted by molar-refractivity contribution is 1.27. The average molecular weight is 477 g/mol. The van der Waals surface area contributed by atoms with E-state index < -0.39 is 0 Å². The molecule has 176 valence electrons. The maximum atomic E-state index is 4.31. The van der Waals surface area contributed by atoms with Gasteiger partial charge >= 0.3 is 0 Å². The molecule has 0 spiro atoms. The van der Waals surface area contributed by atoms with Crippen LogP contribution in [0.1, 0.15) is 0 Å². The fourth-order valence-corrected chi connectivity index (χ4v) is 4.76. The highest BCUT2D eigenvalue weighted by atomic mass is 15.1. The second-order valence-corrected chi connectivity index (χ2v) is 8.60. The molecule has 6 rings (SSSR count). The minimum atomic E-state index is 1.08. The minimum absolute atomic E-state index is 1.08. The van der Waals surface area contributed by atoms with Gasteiger partial charge in [0.05, 0.1) is 5.69 Å². The molecule has 6 aromatic rings. The van der Waals surface area contributed by atoms with Gasteiger partial charge in [-0.3, -0.25) is 15.0 Å². The molecule has 0 unspecified atom stereocenters. The van der Waals surface area contributed by atoms with Crippen LogP contribution >= 0.6 is 0 Å². The highest BCUT2D eigenvalue weighted by molar-refractivity contribution is 6.02. The van der Waals surface area contributed by atoms with Crippen molar-refractivity contribution in [1.29, 1.82) is 0 Å². The molecule has 4 heteroatoms. The Balaban J connectivity index is 1.73. The molecule has 37 heavy (non-hydrogen) atoms. The lowest BCUT2D eigenvalue weighted by Crippen LogP contribution is -2.12. The van der Waals surface area contributed by atoms with Crippen molar-refractivity contribution in [3.05, 3.63) is 146 Å². The van der Waals surface area contributed by atoms with Crippen molar-refractivity contribution in [2.75, 3.05) is 4.90 Å². The van der Waals surface area contributed by atoms with Crippen molar-refractivity contribution in [2.24, 2.45) is 0 Å². The molecule has 0 radical (unpaired) electrons. The Bertz CT molecular complexity index is 1550. The first-order chi connectivity index (χ1) is 18.4. The van der Waals surface area contributed by atoms with Gasteiger partial charge in [-0.25, -0.2) is 0 Å². The van der Waals surface area contributed by atoms with Crippen LogP contribution in [0.4, 0.5) is 17.1 Å². The Morgan fingerprint density at radius 1 is 0.378 bits per heavy atom. The zero-order valence-electron chi connectivity index (χ0n) is 20.1. The molecule has 0 aliphatic carbocycles. The normalized spacial score (nSPS) is 10.7. The van der Waals surface area contributed by atoms with Gasteiger partial charge in [-0.1, -0.05) is 42.5 Å². The molecule has 0 aliphatic heterocycles. The van der Waals surface area contributed by atoms with E-state index in [9.17, 15) is 0 Å². The van der Waals surface area contributed by atoms with E-state index in [-0.39, 0.29) is 0 Å². The van der Waals surface area contributed by atoms with E-state index in [2.05, 4.69) is 117 Å².